The van der Waals surface area contributed by atoms with Gasteiger partial charge in [0, 0.05) is 31.7 Å². The summed E-state index contributed by atoms with van der Waals surface area (Å²) < 4.78 is 0. The number of rotatable bonds is 3. The average Bonchev–Trinajstić information content (AvgIpc) is 3.25. The van der Waals surface area contributed by atoms with Crippen molar-refractivity contribution in [3.05, 3.63) is 35.2 Å². The van der Waals surface area contributed by atoms with Crippen LogP contribution in [0.2, 0.25) is 0 Å². The van der Waals surface area contributed by atoms with Gasteiger partial charge in [-0.05, 0) is 23.6 Å². The molecule has 0 radical (unpaired) electrons. The van der Waals surface area contributed by atoms with E-state index in [1.165, 1.54) is 0 Å². The maximum Gasteiger partial charge on any atom is 0.148 e. The highest BCUT2D eigenvalue weighted by Crippen LogP contribution is 2.34. The molecule has 1 atom stereocenters. The minimum Gasteiger partial charge on any atom is -0.506 e. The molecule has 4 rings (SSSR count). The molecule has 120 valence electrons. The molecule has 3 aromatic rings. The van der Waals surface area contributed by atoms with Crippen LogP contribution in [0.1, 0.15) is 11.8 Å². The van der Waals surface area contributed by atoms with Gasteiger partial charge in [0.2, 0.25) is 0 Å². The Labute approximate surface area is 137 Å². The number of aromatic nitrogens is 2. The third-order valence-corrected chi connectivity index (χ3v) is 5.06. The van der Waals surface area contributed by atoms with Crippen molar-refractivity contribution in [2.24, 2.45) is 0 Å². The zero-order valence-electron chi connectivity index (χ0n) is 12.5. The van der Waals surface area contributed by atoms with Crippen LogP contribution in [-0.4, -0.2) is 51.3 Å². The molecule has 1 aliphatic heterocycles. The summed E-state index contributed by atoms with van der Waals surface area (Å²) in [7, 11) is 0. The van der Waals surface area contributed by atoms with Crippen LogP contribution in [0.3, 0.4) is 0 Å². The van der Waals surface area contributed by atoms with Gasteiger partial charge < -0.3 is 20.5 Å². The van der Waals surface area contributed by atoms with Gasteiger partial charge in [0.25, 0.3) is 0 Å². The Morgan fingerprint density at radius 1 is 1.22 bits per heavy atom. The predicted molar refractivity (Wildman–Crippen MR) is 90.5 cm³/mol. The largest absolute Gasteiger partial charge is 0.506 e. The number of phenolic OH excluding ortho intramolecular Hbond substituents is 1. The molecule has 6 nitrogen and oxygen atoms in total. The van der Waals surface area contributed by atoms with Crippen LogP contribution in [0.5, 0.6) is 5.75 Å². The second-order valence-electron chi connectivity index (χ2n) is 5.62. The fourth-order valence-corrected chi connectivity index (χ4v) is 3.63. The van der Waals surface area contributed by atoms with E-state index >= 15 is 0 Å². The summed E-state index contributed by atoms with van der Waals surface area (Å²) in [6.45, 7) is 3.29. The third-order valence-electron chi connectivity index (χ3n) is 4.18. The zero-order chi connectivity index (χ0) is 15.8. The summed E-state index contributed by atoms with van der Waals surface area (Å²) in [6.07, 6.45) is -0.723. The van der Waals surface area contributed by atoms with Gasteiger partial charge in [-0.15, -0.1) is 11.3 Å². The van der Waals surface area contributed by atoms with Gasteiger partial charge in [0.05, 0.1) is 10.4 Å². The number of imidazole rings is 1. The SMILES string of the molecule is Oc1ccc(C(O)N2CCNCC2)c2nc(-c3cccs3)[nH]c12. The maximum atomic E-state index is 10.7. The first-order valence-electron chi connectivity index (χ1n) is 7.62. The average molecular weight is 330 g/mol. The molecule has 23 heavy (non-hydrogen) atoms. The van der Waals surface area contributed by atoms with Crippen molar-refractivity contribution in [1.82, 2.24) is 20.2 Å². The molecule has 1 unspecified atom stereocenters. The van der Waals surface area contributed by atoms with Crippen molar-refractivity contribution in [3.8, 4) is 16.5 Å². The Kier molecular flexibility index (Phi) is 3.78. The fraction of sp³-hybridized carbons (Fsp3) is 0.312. The Hall–Kier alpha value is -1.93. The number of phenols is 1. The Morgan fingerprint density at radius 3 is 2.78 bits per heavy atom. The summed E-state index contributed by atoms with van der Waals surface area (Å²) >= 11 is 1.58. The summed E-state index contributed by atoms with van der Waals surface area (Å²) in [6, 6.07) is 7.30. The minimum absolute atomic E-state index is 0.145. The zero-order valence-corrected chi connectivity index (χ0v) is 13.3. The lowest BCUT2D eigenvalue weighted by Gasteiger charge is -2.31. The van der Waals surface area contributed by atoms with Crippen LogP contribution < -0.4 is 5.32 Å². The van der Waals surface area contributed by atoms with Crippen molar-refractivity contribution < 1.29 is 10.2 Å². The second-order valence-corrected chi connectivity index (χ2v) is 6.57. The van der Waals surface area contributed by atoms with Crippen LogP contribution in [0.25, 0.3) is 21.7 Å². The first-order valence-corrected chi connectivity index (χ1v) is 8.50. The van der Waals surface area contributed by atoms with Gasteiger partial charge >= 0.3 is 0 Å². The van der Waals surface area contributed by atoms with E-state index in [-0.39, 0.29) is 5.75 Å². The molecule has 1 aliphatic rings. The number of H-pyrrole nitrogens is 1. The Bertz CT molecular complexity index is 809. The molecule has 0 bridgehead atoms. The molecule has 7 heteroatoms. The standard InChI is InChI=1S/C16H18N4O2S/c21-11-4-3-10(16(22)20-7-5-17-6-8-20)13-14(11)19-15(18-13)12-2-1-9-23-12/h1-4,9,16-17,21-22H,5-8H2,(H,18,19). The highest BCUT2D eigenvalue weighted by atomic mass is 32.1. The number of aromatic amines is 1. The monoisotopic (exact) mass is 330 g/mol. The lowest BCUT2D eigenvalue weighted by Crippen LogP contribution is -2.45. The van der Waals surface area contributed by atoms with Crippen molar-refractivity contribution in [1.29, 1.82) is 0 Å². The van der Waals surface area contributed by atoms with Crippen LogP contribution in [0.4, 0.5) is 0 Å². The van der Waals surface area contributed by atoms with Crippen molar-refractivity contribution in [2.45, 2.75) is 6.23 Å². The van der Waals surface area contributed by atoms with Gasteiger partial charge in [-0.1, -0.05) is 6.07 Å². The highest BCUT2D eigenvalue weighted by molar-refractivity contribution is 7.13. The number of aromatic hydroxyl groups is 1. The summed E-state index contributed by atoms with van der Waals surface area (Å²) in [5.41, 5.74) is 1.92. The van der Waals surface area contributed by atoms with E-state index in [1.54, 1.807) is 23.5 Å². The normalized spacial score (nSPS) is 17.6. The van der Waals surface area contributed by atoms with E-state index in [0.717, 1.165) is 36.6 Å². The number of hydrogen-bond acceptors (Lipinski definition) is 6. The van der Waals surface area contributed by atoms with Crippen LogP contribution in [-0.2, 0) is 0 Å². The van der Waals surface area contributed by atoms with Gasteiger partial charge in [-0.2, -0.15) is 0 Å². The molecule has 0 saturated carbocycles. The molecule has 0 amide bonds. The van der Waals surface area contributed by atoms with Gasteiger partial charge in [-0.3, -0.25) is 4.90 Å². The molecule has 0 aliphatic carbocycles. The lowest BCUT2D eigenvalue weighted by atomic mass is 10.1. The van der Waals surface area contributed by atoms with Gasteiger partial charge in [-0.25, -0.2) is 4.98 Å². The second kappa shape index (κ2) is 5.93. The van der Waals surface area contributed by atoms with Gasteiger partial charge in [0.1, 0.15) is 23.3 Å². The van der Waals surface area contributed by atoms with E-state index in [9.17, 15) is 10.2 Å². The molecule has 1 aromatic carbocycles. The number of nitrogens with zero attached hydrogens (tertiary/aromatic N) is 2. The summed E-state index contributed by atoms with van der Waals surface area (Å²) in [5, 5.41) is 26.1. The number of hydrogen-bond donors (Lipinski definition) is 4. The topological polar surface area (TPSA) is 84.4 Å². The quantitative estimate of drug-likeness (QED) is 0.589. The molecule has 1 saturated heterocycles. The molecular formula is C16H18N4O2S. The molecule has 0 spiro atoms. The highest BCUT2D eigenvalue weighted by Gasteiger charge is 2.24. The number of piperazine rings is 1. The molecule has 1 fully saturated rings. The fourth-order valence-electron chi connectivity index (χ4n) is 2.96. The van der Waals surface area contributed by atoms with Gasteiger partial charge in [0.15, 0.2) is 0 Å². The van der Waals surface area contributed by atoms with Crippen molar-refractivity contribution in [3.63, 3.8) is 0 Å². The molecule has 2 aromatic heterocycles. The van der Waals surface area contributed by atoms with E-state index in [0.29, 0.717) is 16.9 Å². The summed E-state index contributed by atoms with van der Waals surface area (Å²) in [5.74, 6) is 0.858. The van der Waals surface area contributed by atoms with Crippen molar-refractivity contribution in [2.75, 3.05) is 26.2 Å². The molecule has 3 heterocycles. The van der Waals surface area contributed by atoms with E-state index < -0.39 is 6.23 Å². The van der Waals surface area contributed by atoms with E-state index in [1.807, 2.05) is 22.4 Å². The van der Waals surface area contributed by atoms with Crippen LogP contribution in [0, 0.1) is 0 Å². The first-order chi connectivity index (χ1) is 11.2. The summed E-state index contributed by atoms with van der Waals surface area (Å²) in [4.78, 5) is 10.8. The third kappa shape index (κ3) is 2.61. The minimum atomic E-state index is -0.723. The number of fused-ring (bicyclic) bond motifs is 1. The van der Waals surface area contributed by atoms with E-state index in [2.05, 4.69) is 15.3 Å². The number of aliphatic hydroxyl groups is 1. The van der Waals surface area contributed by atoms with E-state index in [4.69, 9.17) is 0 Å². The lowest BCUT2D eigenvalue weighted by molar-refractivity contribution is -0.00450. The molecule has 4 N–H and O–H groups in total. The Morgan fingerprint density at radius 2 is 2.04 bits per heavy atom. The number of benzene rings is 1. The van der Waals surface area contributed by atoms with Crippen LogP contribution >= 0.6 is 11.3 Å². The Balaban J connectivity index is 1.79. The number of thiophene rings is 1. The smallest absolute Gasteiger partial charge is 0.148 e. The van der Waals surface area contributed by atoms with Crippen molar-refractivity contribution >= 4 is 22.4 Å². The number of aliphatic hydroxyl groups excluding tert-OH is 1. The van der Waals surface area contributed by atoms with Crippen LogP contribution in [0.15, 0.2) is 29.6 Å². The molecular weight excluding hydrogens is 312 g/mol. The predicted octanol–water partition coefficient (Wildman–Crippen LogP) is 1.89. The first kappa shape index (κ1) is 14.6. The maximum absolute atomic E-state index is 10.7. The number of nitrogens with one attached hydrogen (secondary N) is 2.